The lowest BCUT2D eigenvalue weighted by Crippen LogP contribution is -2.19. The fourth-order valence-electron chi connectivity index (χ4n) is 2.90. The summed E-state index contributed by atoms with van der Waals surface area (Å²) in [5.74, 6) is 0.824. The van der Waals surface area contributed by atoms with Crippen molar-refractivity contribution in [2.75, 3.05) is 7.11 Å². The molecule has 0 aliphatic carbocycles. The van der Waals surface area contributed by atoms with Crippen molar-refractivity contribution in [2.24, 2.45) is 4.99 Å². The molecule has 1 amide bonds. The van der Waals surface area contributed by atoms with Gasteiger partial charge in [0.2, 0.25) is 0 Å². The number of amidine groups is 1. The van der Waals surface area contributed by atoms with Crippen LogP contribution in [0.5, 0.6) is 11.5 Å². The number of carbonyl (C=O) groups excluding carboxylic acids is 1. The molecule has 1 fully saturated rings. The Labute approximate surface area is 197 Å². The van der Waals surface area contributed by atoms with Crippen molar-refractivity contribution in [1.82, 2.24) is 5.32 Å². The van der Waals surface area contributed by atoms with E-state index in [9.17, 15) is 9.18 Å². The van der Waals surface area contributed by atoms with Crippen LogP contribution >= 0.6 is 27.7 Å². The topological polar surface area (TPSA) is 59.9 Å². The third-order valence-corrected chi connectivity index (χ3v) is 5.92. The Kier molecular flexibility index (Phi) is 6.92. The van der Waals surface area contributed by atoms with Gasteiger partial charge in [-0.15, -0.1) is 0 Å². The molecule has 0 bridgehead atoms. The Morgan fingerprint density at radius 1 is 1.09 bits per heavy atom. The number of hydrogen-bond donors (Lipinski definition) is 1. The fraction of sp³-hybridized carbons (Fsp3) is 0.0833. The standard InChI is InChI=1S/C24H18BrFN2O3S/c1-30-20-9-7-19(8-10-20)27-24-28-23(29)22(32-24)13-16-12-17(25)4-11-21(16)31-14-15-2-5-18(26)6-3-15/h2-13H,14H2,1H3,(H,27,28,29)/b22-13+. The first-order valence-corrected chi connectivity index (χ1v) is 11.2. The molecular weight excluding hydrogens is 495 g/mol. The monoisotopic (exact) mass is 512 g/mol. The van der Waals surface area contributed by atoms with Crippen LogP contribution < -0.4 is 14.8 Å². The van der Waals surface area contributed by atoms with E-state index in [-0.39, 0.29) is 18.3 Å². The Balaban J connectivity index is 1.53. The predicted molar refractivity (Wildman–Crippen MR) is 129 cm³/mol. The van der Waals surface area contributed by atoms with E-state index in [0.717, 1.165) is 21.3 Å². The highest BCUT2D eigenvalue weighted by Crippen LogP contribution is 2.32. The molecule has 8 heteroatoms. The van der Waals surface area contributed by atoms with Crippen molar-refractivity contribution in [3.8, 4) is 11.5 Å². The third kappa shape index (κ3) is 5.57. The van der Waals surface area contributed by atoms with E-state index in [1.165, 1.54) is 23.9 Å². The van der Waals surface area contributed by atoms with Crippen LogP contribution in [0.4, 0.5) is 10.1 Å². The Hall–Kier alpha value is -3.10. The molecule has 32 heavy (non-hydrogen) atoms. The molecule has 3 aromatic carbocycles. The van der Waals surface area contributed by atoms with Gasteiger partial charge < -0.3 is 14.8 Å². The van der Waals surface area contributed by atoms with Gasteiger partial charge in [0.1, 0.15) is 23.9 Å². The summed E-state index contributed by atoms with van der Waals surface area (Å²) in [6.45, 7) is 0.279. The van der Waals surface area contributed by atoms with Crippen LogP contribution in [0.25, 0.3) is 6.08 Å². The number of halogens is 2. The quantitative estimate of drug-likeness (QED) is 0.407. The number of methoxy groups -OCH3 is 1. The van der Waals surface area contributed by atoms with Crippen molar-refractivity contribution < 1.29 is 18.7 Å². The molecule has 1 heterocycles. The number of ether oxygens (including phenoxy) is 2. The van der Waals surface area contributed by atoms with E-state index in [4.69, 9.17) is 9.47 Å². The molecule has 0 aromatic heterocycles. The first-order chi connectivity index (χ1) is 15.5. The zero-order valence-corrected chi connectivity index (χ0v) is 19.4. The third-order valence-electron chi connectivity index (χ3n) is 4.52. The molecule has 1 N–H and O–H groups in total. The Morgan fingerprint density at radius 3 is 2.56 bits per heavy atom. The molecule has 1 aliphatic heterocycles. The van der Waals surface area contributed by atoms with E-state index < -0.39 is 0 Å². The summed E-state index contributed by atoms with van der Waals surface area (Å²) in [6, 6.07) is 18.9. The van der Waals surface area contributed by atoms with Gasteiger partial charge in [-0.25, -0.2) is 9.38 Å². The van der Waals surface area contributed by atoms with Crippen molar-refractivity contribution in [1.29, 1.82) is 0 Å². The number of rotatable bonds is 6. The lowest BCUT2D eigenvalue weighted by molar-refractivity contribution is -0.115. The maximum Gasteiger partial charge on any atom is 0.264 e. The Bertz CT molecular complexity index is 1190. The van der Waals surface area contributed by atoms with Gasteiger partial charge >= 0.3 is 0 Å². The van der Waals surface area contributed by atoms with Crippen LogP contribution in [0.1, 0.15) is 11.1 Å². The molecule has 3 aromatic rings. The van der Waals surface area contributed by atoms with Crippen LogP contribution in [0.2, 0.25) is 0 Å². The van der Waals surface area contributed by atoms with Crippen molar-refractivity contribution in [3.63, 3.8) is 0 Å². The molecular formula is C24H18BrFN2O3S. The smallest absolute Gasteiger partial charge is 0.264 e. The number of nitrogens with one attached hydrogen (secondary N) is 1. The molecule has 0 spiro atoms. The fourth-order valence-corrected chi connectivity index (χ4v) is 4.11. The van der Waals surface area contributed by atoms with E-state index in [0.29, 0.717) is 21.5 Å². The maximum absolute atomic E-state index is 13.1. The van der Waals surface area contributed by atoms with Crippen LogP contribution in [0.3, 0.4) is 0 Å². The van der Waals surface area contributed by atoms with Gasteiger partial charge in [0.15, 0.2) is 5.17 Å². The second-order valence-corrected chi connectivity index (χ2v) is 8.72. The summed E-state index contributed by atoms with van der Waals surface area (Å²) in [5, 5.41) is 3.28. The van der Waals surface area contributed by atoms with Crippen molar-refractivity contribution in [2.45, 2.75) is 6.61 Å². The summed E-state index contributed by atoms with van der Waals surface area (Å²) in [6.07, 6.45) is 1.77. The normalized spacial score (nSPS) is 15.8. The average Bonchev–Trinajstić information content (AvgIpc) is 3.13. The molecule has 0 radical (unpaired) electrons. The summed E-state index contributed by atoms with van der Waals surface area (Å²) < 4.78 is 25.1. The average molecular weight is 513 g/mol. The molecule has 162 valence electrons. The maximum atomic E-state index is 13.1. The molecule has 4 rings (SSSR count). The summed E-state index contributed by atoms with van der Waals surface area (Å²) >= 11 is 4.72. The Morgan fingerprint density at radius 2 is 1.84 bits per heavy atom. The van der Waals surface area contributed by atoms with E-state index in [2.05, 4.69) is 26.2 Å². The molecule has 5 nitrogen and oxygen atoms in total. The zero-order chi connectivity index (χ0) is 22.5. The zero-order valence-electron chi connectivity index (χ0n) is 17.0. The molecule has 1 aliphatic rings. The first-order valence-electron chi connectivity index (χ1n) is 9.60. The predicted octanol–water partition coefficient (Wildman–Crippen LogP) is 6.07. The van der Waals surface area contributed by atoms with Gasteiger partial charge in [0.05, 0.1) is 17.7 Å². The summed E-state index contributed by atoms with van der Waals surface area (Å²) in [5.41, 5.74) is 2.29. The van der Waals surface area contributed by atoms with Crippen LogP contribution in [0, 0.1) is 5.82 Å². The first kappa shape index (κ1) is 22.1. The molecule has 0 saturated carbocycles. The highest BCUT2D eigenvalue weighted by atomic mass is 79.9. The minimum atomic E-state index is -0.292. The van der Waals surface area contributed by atoms with Gasteiger partial charge in [-0.3, -0.25) is 4.79 Å². The lowest BCUT2D eigenvalue weighted by atomic mass is 10.2. The number of thioether (sulfide) groups is 1. The van der Waals surface area contributed by atoms with Crippen molar-refractivity contribution >= 4 is 50.5 Å². The van der Waals surface area contributed by atoms with Gasteiger partial charge in [-0.1, -0.05) is 28.1 Å². The van der Waals surface area contributed by atoms with E-state index >= 15 is 0 Å². The highest BCUT2D eigenvalue weighted by Gasteiger charge is 2.24. The minimum absolute atomic E-state index is 0.230. The van der Waals surface area contributed by atoms with Crippen molar-refractivity contribution in [3.05, 3.63) is 93.1 Å². The highest BCUT2D eigenvalue weighted by molar-refractivity contribution is 9.10. The summed E-state index contributed by atoms with van der Waals surface area (Å²) in [7, 11) is 1.60. The van der Waals surface area contributed by atoms with Crippen LogP contribution in [-0.4, -0.2) is 18.2 Å². The van der Waals surface area contributed by atoms with Gasteiger partial charge in [-0.05, 0) is 78.0 Å². The molecule has 1 saturated heterocycles. The number of carbonyl (C=O) groups is 1. The summed E-state index contributed by atoms with van der Waals surface area (Å²) in [4.78, 5) is 17.5. The van der Waals surface area contributed by atoms with Gasteiger partial charge in [0.25, 0.3) is 5.91 Å². The van der Waals surface area contributed by atoms with E-state index in [1.54, 1.807) is 25.3 Å². The number of hydrogen-bond acceptors (Lipinski definition) is 5. The van der Waals surface area contributed by atoms with Gasteiger partial charge in [0, 0.05) is 10.0 Å². The lowest BCUT2D eigenvalue weighted by Gasteiger charge is -2.10. The minimum Gasteiger partial charge on any atom is -0.497 e. The van der Waals surface area contributed by atoms with Crippen LogP contribution in [0.15, 0.2) is 81.1 Å². The largest absolute Gasteiger partial charge is 0.497 e. The number of amides is 1. The number of nitrogens with zero attached hydrogens (tertiary/aromatic N) is 1. The molecule has 0 atom stereocenters. The van der Waals surface area contributed by atoms with E-state index in [1.807, 2.05) is 42.5 Å². The second kappa shape index (κ2) is 10.0. The SMILES string of the molecule is COc1ccc(N=C2NC(=O)/C(=C\c3cc(Br)ccc3OCc3ccc(F)cc3)S2)cc1. The number of benzene rings is 3. The molecule has 0 unspecified atom stereocenters. The van der Waals surface area contributed by atoms with Gasteiger partial charge in [-0.2, -0.15) is 0 Å². The number of aliphatic imine (C=N–C) groups is 1. The second-order valence-electron chi connectivity index (χ2n) is 6.78. The van der Waals surface area contributed by atoms with Crippen LogP contribution in [-0.2, 0) is 11.4 Å².